The van der Waals surface area contributed by atoms with E-state index >= 15 is 0 Å². The normalized spacial score (nSPS) is 22.0. The lowest BCUT2D eigenvalue weighted by Crippen LogP contribution is -2.68. The fourth-order valence-corrected chi connectivity index (χ4v) is 4.83. The molecule has 0 radical (unpaired) electrons. The second kappa shape index (κ2) is 10.0. The lowest BCUT2D eigenvalue weighted by Gasteiger charge is -2.51. The molecule has 2 bridgehead atoms. The average Bonchev–Trinajstić information content (AvgIpc) is 2.84. The average molecular weight is 474 g/mol. The second-order valence-electron chi connectivity index (χ2n) is 8.61. The number of nitrogens with zero attached hydrogens (tertiary/aromatic N) is 6. The van der Waals surface area contributed by atoms with Gasteiger partial charge in [-0.25, -0.2) is 0 Å². The molecule has 33 heavy (non-hydrogen) atoms. The summed E-state index contributed by atoms with van der Waals surface area (Å²) in [7, 11) is 1.44. The minimum Gasteiger partial charge on any atom is -0.494 e. The summed E-state index contributed by atoms with van der Waals surface area (Å²) in [6.45, 7) is 12.6. The smallest absolute Gasteiger partial charge is 0.273 e. The summed E-state index contributed by atoms with van der Waals surface area (Å²) < 4.78 is 6.44. The molecule has 3 saturated heterocycles. The lowest BCUT2D eigenvalue weighted by molar-refractivity contribution is -0.939. The van der Waals surface area contributed by atoms with Crippen molar-refractivity contribution >= 4 is 34.4 Å². The molecule has 2 aromatic carbocycles. The first kappa shape index (κ1) is 23.4. The summed E-state index contributed by atoms with van der Waals surface area (Å²) in [4.78, 5) is 15.4. The summed E-state index contributed by atoms with van der Waals surface area (Å²) in [6, 6.07) is 10.0. The van der Waals surface area contributed by atoms with Gasteiger partial charge in [0.25, 0.3) is 5.69 Å². The van der Waals surface area contributed by atoms with Crippen LogP contribution in [0.2, 0.25) is 5.02 Å². The van der Waals surface area contributed by atoms with Crippen molar-refractivity contribution in [1.82, 2.24) is 4.90 Å². The predicted molar refractivity (Wildman–Crippen MR) is 129 cm³/mol. The Morgan fingerprint density at radius 1 is 1.12 bits per heavy atom. The number of piperazine rings is 3. The number of nitro benzene ring substituents is 1. The van der Waals surface area contributed by atoms with Crippen LogP contribution in [0, 0.1) is 10.1 Å². The van der Waals surface area contributed by atoms with Gasteiger partial charge >= 0.3 is 0 Å². The van der Waals surface area contributed by atoms with E-state index < -0.39 is 4.92 Å². The number of nitro groups is 1. The van der Waals surface area contributed by atoms with Crippen LogP contribution in [0.4, 0.5) is 22.7 Å². The zero-order chi connectivity index (χ0) is 23.4. The second-order valence-corrected chi connectivity index (χ2v) is 9.01. The van der Waals surface area contributed by atoms with Crippen molar-refractivity contribution in [2.75, 3.05) is 70.9 Å². The van der Waals surface area contributed by atoms with E-state index in [4.69, 9.17) is 16.3 Å². The van der Waals surface area contributed by atoms with Gasteiger partial charge < -0.3 is 14.1 Å². The van der Waals surface area contributed by atoms with Crippen LogP contribution < -0.4 is 9.64 Å². The molecule has 10 heteroatoms. The van der Waals surface area contributed by atoms with Crippen molar-refractivity contribution in [2.45, 2.75) is 6.92 Å². The SMILES string of the molecule is CCN(CC[N+]12CCN(CC1)CC2)c1ccc(N=Nc2ccc([N+](=O)[O-])cc2OC)c(Cl)c1. The van der Waals surface area contributed by atoms with Crippen molar-refractivity contribution in [3.63, 3.8) is 0 Å². The summed E-state index contributed by atoms with van der Waals surface area (Å²) in [5.41, 5.74) is 1.94. The molecule has 3 heterocycles. The first-order valence-corrected chi connectivity index (χ1v) is 11.7. The van der Waals surface area contributed by atoms with E-state index in [1.54, 1.807) is 0 Å². The van der Waals surface area contributed by atoms with Crippen LogP contribution >= 0.6 is 11.6 Å². The molecular formula is C23H30ClN6O3+. The predicted octanol–water partition coefficient (Wildman–Crippen LogP) is 4.64. The summed E-state index contributed by atoms with van der Waals surface area (Å²) in [6.07, 6.45) is 0. The lowest BCUT2D eigenvalue weighted by atomic mass is 10.1. The van der Waals surface area contributed by atoms with Crippen LogP contribution in [0.5, 0.6) is 5.75 Å². The summed E-state index contributed by atoms with van der Waals surface area (Å²) in [5, 5.41) is 19.9. The monoisotopic (exact) mass is 473 g/mol. The Morgan fingerprint density at radius 2 is 1.79 bits per heavy atom. The van der Waals surface area contributed by atoms with E-state index in [1.807, 2.05) is 18.2 Å². The third-order valence-electron chi connectivity index (χ3n) is 6.83. The maximum Gasteiger partial charge on any atom is 0.273 e. The topological polar surface area (TPSA) is 83.6 Å². The largest absolute Gasteiger partial charge is 0.494 e. The van der Waals surface area contributed by atoms with Crippen LogP contribution in [0.25, 0.3) is 0 Å². The van der Waals surface area contributed by atoms with E-state index in [0.29, 0.717) is 16.4 Å². The molecule has 9 nitrogen and oxygen atoms in total. The van der Waals surface area contributed by atoms with E-state index in [1.165, 1.54) is 69.1 Å². The maximum atomic E-state index is 11.0. The standard InChI is InChI=1S/C23H30ClN6O3/c1-3-28(11-15-30-12-8-27(9-13-30)10-14-30)18-4-6-21(20(24)16-18)25-26-22-7-5-19(29(31)32)17-23(22)33-2/h4-7,16-17H,3,8-15H2,1-2H3/q+1. The quantitative estimate of drug-likeness (QED) is 0.229. The Kier molecular flexibility index (Phi) is 7.11. The van der Waals surface area contributed by atoms with Gasteiger partial charge in [0.1, 0.15) is 11.4 Å². The number of benzene rings is 2. The van der Waals surface area contributed by atoms with Gasteiger partial charge in [-0.15, -0.1) is 10.2 Å². The Labute approximate surface area is 198 Å². The number of anilines is 1. The highest BCUT2D eigenvalue weighted by molar-refractivity contribution is 6.33. The van der Waals surface area contributed by atoms with E-state index in [2.05, 4.69) is 27.0 Å². The van der Waals surface area contributed by atoms with Crippen LogP contribution in [0.15, 0.2) is 46.6 Å². The van der Waals surface area contributed by atoms with Gasteiger partial charge in [-0.3, -0.25) is 15.0 Å². The molecule has 0 amide bonds. The summed E-state index contributed by atoms with van der Waals surface area (Å²) in [5.74, 6) is 0.281. The van der Waals surface area contributed by atoms with Crippen molar-refractivity contribution in [3.05, 3.63) is 51.5 Å². The van der Waals surface area contributed by atoms with Crippen molar-refractivity contribution < 1.29 is 14.1 Å². The third kappa shape index (κ3) is 5.26. The number of quaternary nitrogens is 1. The van der Waals surface area contributed by atoms with Crippen molar-refractivity contribution in [2.24, 2.45) is 10.2 Å². The molecule has 2 aromatic rings. The fraction of sp³-hybridized carbons (Fsp3) is 0.478. The molecule has 0 atom stereocenters. The van der Waals surface area contributed by atoms with Crippen molar-refractivity contribution in [1.29, 1.82) is 0 Å². The van der Waals surface area contributed by atoms with Gasteiger partial charge in [0.05, 0.1) is 55.8 Å². The molecular weight excluding hydrogens is 444 g/mol. The minimum atomic E-state index is -0.478. The van der Waals surface area contributed by atoms with E-state index in [0.717, 1.165) is 25.3 Å². The molecule has 0 unspecified atom stereocenters. The number of rotatable bonds is 9. The molecule has 0 saturated carbocycles. The number of ether oxygens (including phenoxy) is 1. The first-order chi connectivity index (χ1) is 15.9. The molecule has 176 valence electrons. The zero-order valence-electron chi connectivity index (χ0n) is 19.1. The summed E-state index contributed by atoms with van der Waals surface area (Å²) >= 11 is 6.54. The van der Waals surface area contributed by atoms with Gasteiger partial charge in [0.2, 0.25) is 0 Å². The third-order valence-corrected chi connectivity index (χ3v) is 7.14. The Bertz CT molecular complexity index is 1030. The molecule has 3 fully saturated rings. The Hall–Kier alpha value is -2.75. The minimum absolute atomic E-state index is 0.0650. The number of halogens is 1. The first-order valence-electron chi connectivity index (χ1n) is 11.3. The molecule has 5 rings (SSSR count). The number of hydrogen-bond acceptors (Lipinski definition) is 7. The van der Waals surface area contributed by atoms with Crippen LogP contribution in [0.3, 0.4) is 0 Å². The van der Waals surface area contributed by atoms with E-state index in [-0.39, 0.29) is 11.4 Å². The van der Waals surface area contributed by atoms with E-state index in [9.17, 15) is 10.1 Å². The zero-order valence-corrected chi connectivity index (χ0v) is 19.9. The maximum absolute atomic E-state index is 11.0. The molecule has 0 spiro atoms. The van der Waals surface area contributed by atoms with Gasteiger partial charge in [-0.1, -0.05) is 11.6 Å². The van der Waals surface area contributed by atoms with Crippen LogP contribution in [-0.2, 0) is 0 Å². The number of non-ortho nitro benzene ring substituents is 1. The van der Waals surface area contributed by atoms with Gasteiger partial charge in [-0.2, -0.15) is 0 Å². The molecule has 3 aliphatic heterocycles. The number of hydrogen-bond donors (Lipinski definition) is 0. The number of fused-ring (bicyclic) bond motifs is 3. The van der Waals surface area contributed by atoms with Gasteiger partial charge in [0.15, 0.2) is 5.75 Å². The highest BCUT2D eigenvalue weighted by Crippen LogP contribution is 2.35. The molecule has 0 N–H and O–H groups in total. The Balaban J connectivity index is 1.45. The van der Waals surface area contributed by atoms with Crippen LogP contribution in [0.1, 0.15) is 6.92 Å². The van der Waals surface area contributed by atoms with Crippen LogP contribution in [-0.4, -0.2) is 80.3 Å². The highest BCUT2D eigenvalue weighted by atomic mass is 35.5. The molecule has 0 aliphatic carbocycles. The van der Waals surface area contributed by atoms with Crippen molar-refractivity contribution in [3.8, 4) is 5.75 Å². The number of azo groups is 1. The molecule has 3 aliphatic rings. The fourth-order valence-electron chi connectivity index (χ4n) is 4.61. The number of likely N-dealkylation sites (N-methyl/N-ethyl adjacent to an activating group) is 1. The van der Waals surface area contributed by atoms with Gasteiger partial charge in [-0.05, 0) is 31.2 Å². The molecule has 0 aromatic heterocycles. The highest BCUT2D eigenvalue weighted by Gasteiger charge is 2.38. The Morgan fingerprint density at radius 3 is 2.39 bits per heavy atom. The van der Waals surface area contributed by atoms with Gasteiger partial charge in [0, 0.05) is 37.9 Å². The number of methoxy groups -OCH3 is 1.